The second-order valence-corrected chi connectivity index (χ2v) is 12.3. The molecule has 1 heterocycles. The van der Waals surface area contributed by atoms with Crippen LogP contribution in [0.2, 0.25) is 10.0 Å². The number of benzene rings is 2. The molecule has 1 aliphatic heterocycles. The number of esters is 1. The monoisotopic (exact) mass is 750 g/mol. The molecule has 0 saturated carbocycles. The summed E-state index contributed by atoms with van der Waals surface area (Å²) in [4.78, 5) is 32.2. The molecule has 0 amide bonds. The van der Waals surface area contributed by atoms with Crippen molar-refractivity contribution in [2.75, 3.05) is 19.8 Å². The molecule has 0 aromatic heterocycles. The highest BCUT2D eigenvalue weighted by Gasteiger charge is 2.61. The fourth-order valence-electron chi connectivity index (χ4n) is 5.31. The van der Waals surface area contributed by atoms with Crippen molar-refractivity contribution in [1.29, 1.82) is 5.26 Å². The molecular weight excluding hydrogens is 723 g/mol. The summed E-state index contributed by atoms with van der Waals surface area (Å²) in [5.74, 6) is -9.73. The Hall–Kier alpha value is -3.72. The second kappa shape index (κ2) is 16.3. The lowest BCUT2D eigenvalue weighted by molar-refractivity contribution is -0.200. The molecule has 1 saturated heterocycles. The first-order valence-electron chi connectivity index (χ1n) is 13.9. The van der Waals surface area contributed by atoms with Gasteiger partial charge in [-0.05, 0) is 42.0 Å². The van der Waals surface area contributed by atoms with Crippen LogP contribution in [0.1, 0.15) is 43.7 Å². The number of nitrogens with zero attached hydrogens (tertiary/aromatic N) is 1. The number of carbonyl (C=O) groups excluding carboxylic acids is 1. The van der Waals surface area contributed by atoms with E-state index >= 15 is 8.78 Å². The van der Waals surface area contributed by atoms with E-state index in [1.807, 2.05) is 0 Å². The molecule has 2 aromatic rings. The van der Waals surface area contributed by atoms with Gasteiger partial charge in [0.15, 0.2) is 0 Å². The molecule has 1 aliphatic rings. The van der Waals surface area contributed by atoms with E-state index in [1.54, 1.807) is 13.8 Å². The Morgan fingerprint density at radius 1 is 0.980 bits per heavy atom. The van der Waals surface area contributed by atoms with Crippen LogP contribution in [-0.4, -0.2) is 72.4 Å². The number of rotatable bonds is 11. The topological polar surface area (TPSA) is 146 Å². The molecule has 3 rings (SSSR count). The Labute approximate surface area is 283 Å². The maximum atomic E-state index is 15.5. The first kappa shape index (κ1) is 41.5. The van der Waals surface area contributed by atoms with Gasteiger partial charge in [-0.15, -0.1) is 0 Å². The molecule has 19 heteroatoms. The molecule has 0 aliphatic carbocycles. The predicted octanol–water partition coefficient (Wildman–Crippen LogP) is 6.80. The molecule has 1 fully saturated rings. The maximum absolute atomic E-state index is 15.5. The second-order valence-electron chi connectivity index (χ2n) is 11.4. The molecular formula is C30H28Cl2F8N2O7. The van der Waals surface area contributed by atoms with Crippen molar-refractivity contribution < 1.29 is 69.2 Å². The van der Waals surface area contributed by atoms with Gasteiger partial charge >= 0.3 is 30.3 Å². The molecule has 270 valence electrons. The lowest BCUT2D eigenvalue weighted by atomic mass is 9.62. The fourth-order valence-corrected chi connectivity index (χ4v) is 5.65. The number of nitriles is 1. The first-order valence-corrected chi connectivity index (χ1v) is 14.7. The molecule has 9 nitrogen and oxygen atoms in total. The Balaban J connectivity index is 0.00000107. The van der Waals surface area contributed by atoms with Gasteiger partial charge in [0.05, 0.1) is 17.7 Å². The third-order valence-electron chi connectivity index (χ3n) is 7.51. The van der Waals surface area contributed by atoms with Crippen LogP contribution in [0.25, 0.3) is 0 Å². The van der Waals surface area contributed by atoms with Crippen LogP contribution < -0.4 is 5.32 Å². The van der Waals surface area contributed by atoms with E-state index in [4.69, 9.17) is 37.8 Å². The minimum Gasteiger partial charge on any atom is -0.480 e. The number of carboxylic acid groups (broad SMARTS) is 2. The van der Waals surface area contributed by atoms with Gasteiger partial charge < -0.3 is 19.7 Å². The van der Waals surface area contributed by atoms with Crippen molar-refractivity contribution in [2.24, 2.45) is 5.41 Å². The maximum Gasteiger partial charge on any atom is 0.490 e. The van der Waals surface area contributed by atoms with E-state index in [0.29, 0.717) is 0 Å². The number of aliphatic carboxylic acids is 2. The normalized spacial score (nSPS) is 20.9. The standard InChI is InChI=1S/C28H27Cl2F5N2O5.C2HF3O2/c1-26(2,8-9-41-10-11-42-25(40)28(33,34)35)13-20-27(14-36,17-7-6-15(29)12-19(17)31)21(23(37-20)24(38)39)16-4-3-5-18(30)22(16)32;3-2(4,5)1(6)7/h3-7,12,20-21,23,37H,8-11,13H2,1-2H3,(H,38,39);(H,6,7). The molecule has 2 aromatic carbocycles. The Kier molecular flexibility index (Phi) is 13.8. The summed E-state index contributed by atoms with van der Waals surface area (Å²) >= 11 is 12.0. The van der Waals surface area contributed by atoms with Crippen LogP contribution in [0.3, 0.4) is 0 Å². The zero-order valence-corrected chi connectivity index (χ0v) is 26.9. The number of hydrogen-bond acceptors (Lipinski definition) is 7. The highest BCUT2D eigenvalue weighted by Crippen LogP contribution is 2.53. The minimum absolute atomic E-state index is 0.00680. The van der Waals surface area contributed by atoms with Crippen molar-refractivity contribution in [3.63, 3.8) is 0 Å². The zero-order chi connectivity index (χ0) is 37.5. The van der Waals surface area contributed by atoms with Crippen LogP contribution >= 0.6 is 23.2 Å². The van der Waals surface area contributed by atoms with Crippen LogP contribution in [0.5, 0.6) is 0 Å². The molecule has 4 atom stereocenters. The first-order chi connectivity index (χ1) is 22.5. The molecule has 0 bridgehead atoms. The summed E-state index contributed by atoms with van der Waals surface area (Å²) in [6.07, 6.45) is -9.87. The highest BCUT2D eigenvalue weighted by molar-refractivity contribution is 6.31. The average molecular weight is 751 g/mol. The van der Waals surface area contributed by atoms with Gasteiger partial charge in [-0.25, -0.2) is 18.4 Å². The van der Waals surface area contributed by atoms with Crippen LogP contribution in [0, 0.1) is 28.4 Å². The average Bonchev–Trinajstić information content (AvgIpc) is 3.29. The summed E-state index contributed by atoms with van der Waals surface area (Å²) in [5, 5.41) is 30.6. The number of ether oxygens (including phenoxy) is 2. The summed E-state index contributed by atoms with van der Waals surface area (Å²) in [7, 11) is 0. The van der Waals surface area contributed by atoms with Gasteiger partial charge in [0.25, 0.3) is 0 Å². The predicted molar refractivity (Wildman–Crippen MR) is 156 cm³/mol. The van der Waals surface area contributed by atoms with Crippen molar-refractivity contribution >= 4 is 41.1 Å². The van der Waals surface area contributed by atoms with Crippen molar-refractivity contribution in [3.8, 4) is 6.07 Å². The zero-order valence-electron chi connectivity index (χ0n) is 25.4. The molecule has 49 heavy (non-hydrogen) atoms. The number of carbonyl (C=O) groups is 3. The molecule has 4 unspecified atom stereocenters. The van der Waals surface area contributed by atoms with Crippen LogP contribution in [-0.2, 0) is 29.3 Å². The van der Waals surface area contributed by atoms with E-state index in [-0.39, 0.29) is 47.2 Å². The van der Waals surface area contributed by atoms with Gasteiger partial charge in [0.2, 0.25) is 0 Å². The van der Waals surface area contributed by atoms with E-state index in [0.717, 1.165) is 6.07 Å². The quantitative estimate of drug-likeness (QED) is 0.128. The fraction of sp³-hybridized carbons (Fsp3) is 0.467. The number of carboxylic acids is 2. The Morgan fingerprint density at radius 3 is 2.10 bits per heavy atom. The lowest BCUT2D eigenvalue weighted by Crippen LogP contribution is -2.45. The van der Waals surface area contributed by atoms with Gasteiger partial charge in [0.1, 0.15) is 29.7 Å². The van der Waals surface area contributed by atoms with E-state index in [9.17, 15) is 46.3 Å². The summed E-state index contributed by atoms with van der Waals surface area (Å²) in [6, 6.07) is 7.14. The van der Waals surface area contributed by atoms with Crippen molar-refractivity contribution in [1.82, 2.24) is 5.32 Å². The molecule has 0 radical (unpaired) electrons. The number of halogens is 10. The molecule has 3 N–H and O–H groups in total. The van der Waals surface area contributed by atoms with Gasteiger partial charge in [-0.2, -0.15) is 31.6 Å². The summed E-state index contributed by atoms with van der Waals surface area (Å²) in [6.45, 7) is 2.61. The van der Waals surface area contributed by atoms with Gasteiger partial charge in [-0.3, -0.25) is 10.1 Å². The van der Waals surface area contributed by atoms with Crippen LogP contribution in [0.15, 0.2) is 36.4 Å². The smallest absolute Gasteiger partial charge is 0.480 e. The third-order valence-corrected chi connectivity index (χ3v) is 8.04. The van der Waals surface area contributed by atoms with Gasteiger partial charge in [0, 0.05) is 29.2 Å². The Bertz CT molecular complexity index is 1570. The Morgan fingerprint density at radius 2 is 1.59 bits per heavy atom. The third kappa shape index (κ3) is 10.4. The number of nitrogens with one attached hydrogen (secondary N) is 1. The van der Waals surface area contributed by atoms with Crippen molar-refractivity contribution in [3.05, 3.63) is 69.2 Å². The molecule has 0 spiro atoms. The summed E-state index contributed by atoms with van der Waals surface area (Å²) < 4.78 is 109. The minimum atomic E-state index is -5.12. The summed E-state index contributed by atoms with van der Waals surface area (Å²) in [5.41, 5.74) is -3.04. The van der Waals surface area contributed by atoms with E-state index < -0.39 is 77.3 Å². The van der Waals surface area contributed by atoms with Crippen molar-refractivity contribution in [2.45, 2.75) is 62.5 Å². The van der Waals surface area contributed by atoms with E-state index in [1.165, 1.54) is 30.3 Å². The van der Waals surface area contributed by atoms with Gasteiger partial charge in [-0.1, -0.05) is 55.2 Å². The van der Waals surface area contributed by atoms with E-state index in [2.05, 4.69) is 16.1 Å². The highest BCUT2D eigenvalue weighted by atomic mass is 35.5. The SMILES string of the molecule is CC(C)(CCOCCOC(=O)C(F)(F)F)CC1NC(C(=O)O)C(c2cccc(Cl)c2F)C1(C#N)c1ccc(Cl)cc1F.O=C(O)C(F)(F)F. The number of hydrogen-bond donors (Lipinski definition) is 3. The lowest BCUT2D eigenvalue weighted by Gasteiger charge is -2.38. The largest absolute Gasteiger partial charge is 0.490 e. The number of alkyl halides is 6. The van der Waals surface area contributed by atoms with Crippen LogP contribution in [0.4, 0.5) is 35.1 Å².